The van der Waals surface area contributed by atoms with E-state index in [0.717, 1.165) is 6.42 Å². The van der Waals surface area contributed by atoms with E-state index in [1.54, 1.807) is 37.6 Å². The van der Waals surface area contributed by atoms with E-state index < -0.39 is 5.91 Å². The van der Waals surface area contributed by atoms with Crippen molar-refractivity contribution < 1.29 is 14.0 Å². The van der Waals surface area contributed by atoms with Crippen molar-refractivity contribution in [1.29, 1.82) is 0 Å². The molecule has 6 heteroatoms. The Morgan fingerprint density at radius 1 is 1.39 bits per heavy atom. The number of nitrogens with zero attached hydrogens (tertiary/aromatic N) is 3. The van der Waals surface area contributed by atoms with Crippen LogP contribution >= 0.6 is 0 Å². The first-order chi connectivity index (χ1) is 11.2. The van der Waals surface area contributed by atoms with E-state index >= 15 is 0 Å². The molecule has 1 atom stereocenters. The number of aryl methyl sites for hydroxylation is 1. The lowest BCUT2D eigenvalue weighted by Gasteiger charge is -2.10. The largest absolute Gasteiger partial charge is 0.492 e. The van der Waals surface area contributed by atoms with E-state index in [1.807, 2.05) is 12.2 Å². The van der Waals surface area contributed by atoms with Crippen LogP contribution in [0.5, 0.6) is 0 Å². The summed E-state index contributed by atoms with van der Waals surface area (Å²) in [6.45, 7) is 1.73. The van der Waals surface area contributed by atoms with Crippen molar-refractivity contribution in [2.45, 2.75) is 19.4 Å². The average Bonchev–Trinajstić information content (AvgIpc) is 3.10. The van der Waals surface area contributed by atoms with Gasteiger partial charge in [-0.1, -0.05) is 12.2 Å². The monoisotopic (exact) mass is 310 g/mol. The zero-order valence-corrected chi connectivity index (χ0v) is 12.9. The number of aliphatic imine (C=N–C) groups is 1. The molecule has 2 aliphatic rings. The highest BCUT2D eigenvalue weighted by atomic mass is 16.5. The first-order valence-electron chi connectivity index (χ1n) is 7.22. The lowest BCUT2D eigenvalue weighted by Crippen LogP contribution is -2.17. The van der Waals surface area contributed by atoms with Crippen LogP contribution in [0.25, 0.3) is 0 Å². The molecule has 0 spiro atoms. The van der Waals surface area contributed by atoms with E-state index in [4.69, 9.17) is 9.16 Å². The Balaban J connectivity index is 1.91. The molecule has 3 rings (SSSR count). The first kappa shape index (κ1) is 15.0. The van der Waals surface area contributed by atoms with Crippen LogP contribution in [0.2, 0.25) is 0 Å². The number of ketones is 1. The molecule has 0 saturated heterocycles. The third-order valence-electron chi connectivity index (χ3n) is 3.50. The van der Waals surface area contributed by atoms with Gasteiger partial charge in [0.05, 0.1) is 18.2 Å². The van der Waals surface area contributed by atoms with Crippen LogP contribution in [0.4, 0.5) is 0 Å². The smallest absolute Gasteiger partial charge is 0.368 e. The molecule has 1 aromatic rings. The van der Waals surface area contributed by atoms with Crippen LogP contribution in [-0.4, -0.2) is 34.5 Å². The molecular formula is C17H16N3O3+. The summed E-state index contributed by atoms with van der Waals surface area (Å²) in [7, 11) is 1.54. The number of carbonyl (C=O) groups excluding carboxylic acids is 2. The molecule has 0 bridgehead atoms. The highest BCUT2D eigenvalue weighted by Crippen LogP contribution is 2.25. The number of amides is 1. The molecule has 1 aliphatic heterocycles. The van der Waals surface area contributed by atoms with Crippen LogP contribution in [0.3, 0.4) is 0 Å². The van der Waals surface area contributed by atoms with Crippen molar-refractivity contribution >= 4 is 17.4 Å². The van der Waals surface area contributed by atoms with Crippen molar-refractivity contribution in [2.24, 2.45) is 4.99 Å². The minimum atomic E-state index is -0.452. The highest BCUT2D eigenvalue weighted by molar-refractivity contribution is 6.50. The van der Waals surface area contributed by atoms with Gasteiger partial charge in [0, 0.05) is 12.5 Å². The van der Waals surface area contributed by atoms with E-state index in [2.05, 4.69) is 15.0 Å². The molecule has 2 heterocycles. The number of aromatic nitrogens is 2. The molecule has 1 amide bonds. The summed E-state index contributed by atoms with van der Waals surface area (Å²) in [6.07, 6.45) is 12.8. The number of ether oxygens (including phenoxy) is 1. The molecule has 1 unspecified atom stereocenters. The molecule has 0 fully saturated rings. The van der Waals surface area contributed by atoms with Crippen LogP contribution in [0.1, 0.15) is 34.4 Å². The number of rotatable bonds is 2. The van der Waals surface area contributed by atoms with Crippen molar-refractivity contribution in [3.63, 3.8) is 0 Å². The van der Waals surface area contributed by atoms with E-state index in [9.17, 15) is 4.79 Å². The summed E-state index contributed by atoms with van der Waals surface area (Å²) in [5.41, 5.74) is 1.84. The second-order valence-corrected chi connectivity index (χ2v) is 5.05. The Morgan fingerprint density at radius 2 is 2.22 bits per heavy atom. The quantitative estimate of drug-likeness (QED) is 0.620. The van der Waals surface area contributed by atoms with E-state index in [-0.39, 0.29) is 11.8 Å². The van der Waals surface area contributed by atoms with Gasteiger partial charge in [-0.15, -0.1) is 0 Å². The fourth-order valence-electron chi connectivity index (χ4n) is 2.28. The fraction of sp³-hybridized carbons (Fsp3) is 0.235. The van der Waals surface area contributed by atoms with Gasteiger partial charge in [0.15, 0.2) is 11.4 Å². The Bertz CT molecular complexity index is 780. The molecule has 0 N–H and O–H groups in total. The lowest BCUT2D eigenvalue weighted by molar-refractivity contribution is -0.416. The van der Waals surface area contributed by atoms with Crippen molar-refractivity contribution in [2.75, 3.05) is 7.11 Å². The summed E-state index contributed by atoms with van der Waals surface area (Å²) in [5.74, 6) is 0.0817. The summed E-state index contributed by atoms with van der Waals surface area (Å²) < 4.78 is 10.6. The normalized spacial score (nSPS) is 22.8. The lowest BCUT2D eigenvalue weighted by atomic mass is 10.1. The Morgan fingerprint density at radius 3 is 2.96 bits per heavy atom. The predicted molar refractivity (Wildman–Crippen MR) is 85.3 cm³/mol. The highest BCUT2D eigenvalue weighted by Gasteiger charge is 2.22. The maximum absolute atomic E-state index is 12.5. The summed E-state index contributed by atoms with van der Waals surface area (Å²) in [4.78, 5) is 25.2. The maximum atomic E-state index is 12.5. The van der Waals surface area contributed by atoms with Crippen LogP contribution in [0, 0.1) is 6.92 Å². The third-order valence-corrected chi connectivity index (χ3v) is 3.50. The van der Waals surface area contributed by atoms with Crippen molar-refractivity contribution in [3.8, 4) is 0 Å². The second-order valence-electron chi connectivity index (χ2n) is 5.05. The first-order valence-corrected chi connectivity index (χ1v) is 7.22. The molecule has 1 aliphatic carbocycles. The molecule has 0 aromatic carbocycles. The molecule has 23 heavy (non-hydrogen) atoms. The molecule has 116 valence electrons. The van der Waals surface area contributed by atoms with Gasteiger partial charge < -0.3 is 4.74 Å². The molecule has 0 saturated carbocycles. The van der Waals surface area contributed by atoms with Gasteiger partial charge in [-0.2, -0.15) is 4.99 Å². The zero-order valence-electron chi connectivity index (χ0n) is 12.9. The van der Waals surface area contributed by atoms with Gasteiger partial charge in [0.2, 0.25) is 0 Å². The van der Waals surface area contributed by atoms with Gasteiger partial charge >= 0.3 is 5.78 Å². The summed E-state index contributed by atoms with van der Waals surface area (Å²) in [6, 6.07) is 0. The van der Waals surface area contributed by atoms with Crippen molar-refractivity contribution in [1.82, 2.24) is 9.97 Å². The fourth-order valence-corrected chi connectivity index (χ4v) is 2.28. The maximum Gasteiger partial charge on any atom is 0.368 e. The van der Waals surface area contributed by atoms with E-state index in [0.29, 0.717) is 22.9 Å². The minimum Gasteiger partial charge on any atom is -0.492 e. The Kier molecular flexibility index (Phi) is 4.23. The van der Waals surface area contributed by atoms with Crippen LogP contribution in [-0.2, 0) is 9.16 Å². The van der Waals surface area contributed by atoms with Gasteiger partial charge in [0.1, 0.15) is 11.8 Å². The Hall–Kier alpha value is -2.89. The number of carbonyl (C=O) groups is 1. The molecule has 6 nitrogen and oxygen atoms in total. The number of allylic oxidation sites excluding steroid dienone is 4. The topological polar surface area (TPSA) is 75.7 Å². The molecule has 0 radical (unpaired) electrons. The third kappa shape index (κ3) is 3.15. The zero-order chi connectivity index (χ0) is 16.2. The average molecular weight is 310 g/mol. The van der Waals surface area contributed by atoms with Gasteiger partial charge in [-0.3, -0.25) is 14.2 Å². The minimum absolute atomic E-state index is 0.194. The van der Waals surface area contributed by atoms with Gasteiger partial charge in [-0.05, 0) is 19.1 Å². The number of hydrogen-bond donors (Lipinski definition) is 0. The molecular weight excluding hydrogens is 294 g/mol. The van der Waals surface area contributed by atoms with Crippen LogP contribution < -0.4 is 0 Å². The summed E-state index contributed by atoms with van der Waals surface area (Å²) >= 11 is 0. The Labute approximate surface area is 133 Å². The summed E-state index contributed by atoms with van der Waals surface area (Å²) in [5, 5.41) is 0. The second kappa shape index (κ2) is 6.48. The standard InChI is InChI=1S/C17H16N3O3/c1-11-16(19-13(10-18-11)15-8-5-9-23-15)17(21)20-12-6-3-4-7-14(12)22-2/h3-7,9-10,15H,8H2,1-2H3/q+1. The van der Waals surface area contributed by atoms with Gasteiger partial charge in [0.25, 0.3) is 13.0 Å². The van der Waals surface area contributed by atoms with E-state index in [1.165, 1.54) is 7.11 Å². The van der Waals surface area contributed by atoms with Gasteiger partial charge in [-0.25, -0.2) is 4.98 Å². The molecule has 1 aromatic heterocycles. The van der Waals surface area contributed by atoms with Crippen LogP contribution in [0.15, 0.2) is 47.8 Å². The van der Waals surface area contributed by atoms with Crippen molar-refractivity contribution in [3.05, 3.63) is 59.9 Å². The SMILES string of the molecule is C[O+]=C1C=CC=CC1=NC(=O)c1nc(C2CC=CO2)cnc1C. The predicted octanol–water partition coefficient (Wildman–Crippen LogP) is 2.20. The number of hydrogen-bond acceptors (Lipinski definition) is 4.